The van der Waals surface area contributed by atoms with Crippen molar-refractivity contribution in [3.05, 3.63) is 55.0 Å². The van der Waals surface area contributed by atoms with Crippen molar-refractivity contribution < 1.29 is 18.9 Å². The van der Waals surface area contributed by atoms with E-state index in [0.717, 1.165) is 53.6 Å². The highest BCUT2D eigenvalue weighted by Crippen LogP contribution is 2.36. The molecule has 4 heterocycles. The number of nitrogens with one attached hydrogen (secondary N) is 1. The van der Waals surface area contributed by atoms with Gasteiger partial charge in [-0.25, -0.2) is 4.98 Å². The lowest BCUT2D eigenvalue weighted by atomic mass is 10.0. The van der Waals surface area contributed by atoms with Crippen LogP contribution in [0, 0.1) is 0 Å². The maximum atomic E-state index is 6.05. The second-order valence-electron chi connectivity index (χ2n) is 9.95. The molecule has 0 bridgehead atoms. The average molecular weight is 541 g/mol. The van der Waals surface area contributed by atoms with Gasteiger partial charge in [-0.2, -0.15) is 9.97 Å². The molecule has 10 nitrogen and oxygen atoms in total. The molecule has 1 unspecified atom stereocenters. The lowest BCUT2D eigenvalue weighted by molar-refractivity contribution is -0.0298. The average Bonchev–Trinajstić information content (AvgIpc) is 3.41. The first-order valence-corrected chi connectivity index (χ1v) is 13.4. The molecule has 206 valence electrons. The van der Waals surface area contributed by atoms with E-state index in [1.807, 2.05) is 67.1 Å². The van der Waals surface area contributed by atoms with Crippen LogP contribution in [0.5, 0.6) is 17.4 Å². The molecular formula is C30H32N6O4. The van der Waals surface area contributed by atoms with Gasteiger partial charge in [-0.3, -0.25) is 9.55 Å². The Balaban J connectivity index is 1.40. The summed E-state index contributed by atoms with van der Waals surface area (Å²) in [5.41, 5.74) is 4.98. The molecule has 1 fully saturated rings. The Morgan fingerprint density at radius 2 is 1.85 bits per heavy atom. The van der Waals surface area contributed by atoms with E-state index in [0.29, 0.717) is 34.5 Å². The molecule has 40 heavy (non-hydrogen) atoms. The van der Waals surface area contributed by atoms with Gasteiger partial charge in [0, 0.05) is 23.9 Å². The highest BCUT2D eigenvalue weighted by molar-refractivity contribution is 5.96. The topological polar surface area (TPSA) is 105 Å². The van der Waals surface area contributed by atoms with Gasteiger partial charge < -0.3 is 24.3 Å². The van der Waals surface area contributed by atoms with Crippen molar-refractivity contribution >= 4 is 33.7 Å². The first kappa shape index (κ1) is 25.8. The van der Waals surface area contributed by atoms with Crippen molar-refractivity contribution in [1.82, 2.24) is 24.5 Å². The molecule has 0 saturated carbocycles. The number of methoxy groups -OCH3 is 2. The van der Waals surface area contributed by atoms with E-state index in [1.54, 1.807) is 20.5 Å². The highest BCUT2D eigenvalue weighted by Gasteiger charge is 2.22. The van der Waals surface area contributed by atoms with Gasteiger partial charge in [-0.1, -0.05) is 6.07 Å². The zero-order valence-corrected chi connectivity index (χ0v) is 23.0. The van der Waals surface area contributed by atoms with Gasteiger partial charge in [-0.15, -0.1) is 0 Å². The monoisotopic (exact) mass is 540 g/mol. The van der Waals surface area contributed by atoms with Gasteiger partial charge in [0.2, 0.25) is 11.8 Å². The number of pyridine rings is 1. The van der Waals surface area contributed by atoms with E-state index >= 15 is 0 Å². The van der Waals surface area contributed by atoms with E-state index in [1.165, 1.54) is 0 Å². The minimum atomic E-state index is -0.107. The fourth-order valence-electron chi connectivity index (χ4n) is 5.01. The van der Waals surface area contributed by atoms with Crippen molar-refractivity contribution in [2.45, 2.75) is 45.4 Å². The normalized spacial score (nSPS) is 15.5. The van der Waals surface area contributed by atoms with Gasteiger partial charge in [0.25, 0.3) is 0 Å². The highest BCUT2D eigenvalue weighted by atomic mass is 16.5. The summed E-state index contributed by atoms with van der Waals surface area (Å²) < 4.78 is 25.0. The predicted octanol–water partition coefficient (Wildman–Crippen LogP) is 6.29. The molecule has 0 amide bonds. The van der Waals surface area contributed by atoms with Crippen molar-refractivity contribution in [3.63, 3.8) is 0 Å². The molecule has 0 spiro atoms. The van der Waals surface area contributed by atoms with E-state index in [2.05, 4.69) is 15.3 Å². The van der Waals surface area contributed by atoms with Crippen LogP contribution < -0.4 is 19.5 Å². The van der Waals surface area contributed by atoms with Crippen LogP contribution in [0.4, 0.5) is 11.6 Å². The largest absolute Gasteiger partial charge is 0.493 e. The van der Waals surface area contributed by atoms with Crippen LogP contribution in [-0.2, 0) is 4.74 Å². The Morgan fingerprint density at radius 1 is 0.975 bits per heavy atom. The quantitative estimate of drug-likeness (QED) is 0.243. The van der Waals surface area contributed by atoms with Crippen molar-refractivity contribution in [2.75, 3.05) is 26.1 Å². The second-order valence-corrected chi connectivity index (χ2v) is 9.95. The first-order chi connectivity index (χ1) is 19.5. The molecule has 0 aliphatic carbocycles. The molecule has 1 N–H and O–H groups in total. The number of benzene rings is 2. The van der Waals surface area contributed by atoms with Crippen molar-refractivity contribution in [2.24, 2.45) is 0 Å². The molecule has 10 heteroatoms. The van der Waals surface area contributed by atoms with Crippen LogP contribution in [-0.4, -0.2) is 51.4 Å². The van der Waals surface area contributed by atoms with Crippen LogP contribution in [0.2, 0.25) is 0 Å². The van der Waals surface area contributed by atoms with Crippen molar-refractivity contribution in [3.8, 4) is 28.5 Å². The van der Waals surface area contributed by atoms with E-state index in [9.17, 15) is 0 Å². The molecule has 6 rings (SSSR count). The molecule has 1 atom stereocenters. The van der Waals surface area contributed by atoms with Gasteiger partial charge >= 0.3 is 0 Å². The summed E-state index contributed by atoms with van der Waals surface area (Å²) in [6, 6.07) is 13.9. The molecule has 2 aromatic carbocycles. The number of fused-ring (bicyclic) bond motifs is 2. The summed E-state index contributed by atoms with van der Waals surface area (Å²) in [6.45, 7) is 4.66. The molecular weight excluding hydrogens is 508 g/mol. The third kappa shape index (κ3) is 4.98. The predicted molar refractivity (Wildman–Crippen MR) is 153 cm³/mol. The van der Waals surface area contributed by atoms with Crippen LogP contribution in [0.1, 0.15) is 39.3 Å². The fourth-order valence-corrected chi connectivity index (χ4v) is 5.01. The van der Waals surface area contributed by atoms with Gasteiger partial charge in [0.1, 0.15) is 6.23 Å². The maximum absolute atomic E-state index is 6.05. The Kier molecular flexibility index (Phi) is 7.08. The minimum absolute atomic E-state index is 0.0715. The summed E-state index contributed by atoms with van der Waals surface area (Å²) in [7, 11) is 3.26. The number of hydrogen-bond donors (Lipinski definition) is 1. The molecule has 1 aliphatic heterocycles. The van der Waals surface area contributed by atoms with Gasteiger partial charge in [0.15, 0.2) is 22.7 Å². The number of ether oxygens (including phenoxy) is 4. The van der Waals surface area contributed by atoms with E-state index < -0.39 is 0 Å². The summed E-state index contributed by atoms with van der Waals surface area (Å²) in [5.74, 6) is 2.19. The van der Waals surface area contributed by atoms with E-state index in [4.69, 9.17) is 28.9 Å². The Labute approximate surface area is 232 Å². The number of imidazole rings is 1. The number of hydrogen-bond acceptors (Lipinski definition) is 9. The standard InChI is InChI=1S/C30H32N6O4/c1-18(2)40-29-27-28(36(17-32-27)26-7-5-6-14-39-26)34-30(35-29)33-20-9-10-23-22(16-20)21(12-13-31-23)19-8-11-24(37-3)25(15-19)38-4/h8-13,15-18,26H,5-7,14H2,1-4H3,(H,33,34,35). The minimum Gasteiger partial charge on any atom is -0.493 e. The summed E-state index contributed by atoms with van der Waals surface area (Å²) in [4.78, 5) is 18.7. The molecule has 1 saturated heterocycles. The maximum Gasteiger partial charge on any atom is 0.247 e. The zero-order chi connectivity index (χ0) is 27.6. The lowest BCUT2D eigenvalue weighted by Gasteiger charge is -2.24. The molecule has 3 aromatic heterocycles. The van der Waals surface area contributed by atoms with Crippen molar-refractivity contribution in [1.29, 1.82) is 0 Å². The summed E-state index contributed by atoms with van der Waals surface area (Å²) >= 11 is 0. The SMILES string of the molecule is COc1ccc(-c2ccnc3ccc(Nc4nc(OC(C)C)c5ncn(C6CCCCO6)c5n4)cc23)cc1OC. The number of rotatable bonds is 8. The second kappa shape index (κ2) is 11.0. The lowest BCUT2D eigenvalue weighted by Crippen LogP contribution is -2.18. The van der Waals surface area contributed by atoms with Crippen LogP contribution in [0.3, 0.4) is 0 Å². The molecule has 5 aromatic rings. The van der Waals surface area contributed by atoms with E-state index in [-0.39, 0.29) is 12.3 Å². The molecule has 1 aliphatic rings. The first-order valence-electron chi connectivity index (χ1n) is 13.4. The summed E-state index contributed by atoms with van der Waals surface area (Å²) in [5, 5.41) is 4.36. The number of nitrogens with zero attached hydrogens (tertiary/aromatic N) is 5. The smallest absolute Gasteiger partial charge is 0.247 e. The number of aromatic nitrogens is 5. The number of anilines is 2. The molecule has 0 radical (unpaired) electrons. The Morgan fingerprint density at radius 3 is 2.62 bits per heavy atom. The fraction of sp³-hybridized carbons (Fsp3) is 0.333. The zero-order valence-electron chi connectivity index (χ0n) is 23.0. The third-order valence-corrected chi connectivity index (χ3v) is 6.89. The van der Waals surface area contributed by atoms with Crippen LogP contribution in [0.25, 0.3) is 33.2 Å². The Hall–Kier alpha value is -4.44. The Bertz CT molecular complexity index is 1660. The van der Waals surface area contributed by atoms with Gasteiger partial charge in [-0.05, 0) is 80.6 Å². The van der Waals surface area contributed by atoms with Crippen LogP contribution in [0.15, 0.2) is 55.0 Å². The van der Waals surface area contributed by atoms with Gasteiger partial charge in [0.05, 0.1) is 32.2 Å². The van der Waals surface area contributed by atoms with Crippen LogP contribution >= 0.6 is 0 Å². The summed E-state index contributed by atoms with van der Waals surface area (Å²) in [6.07, 6.45) is 6.47. The third-order valence-electron chi connectivity index (χ3n) is 6.89.